The Morgan fingerprint density at radius 3 is 2.08 bits per heavy atom. The molecule has 0 aliphatic carbocycles. The average Bonchev–Trinajstić information content (AvgIpc) is 2.84. The van der Waals surface area contributed by atoms with Crippen LogP contribution in [0, 0.1) is 24.7 Å². The van der Waals surface area contributed by atoms with Gasteiger partial charge in [0, 0.05) is 0 Å². The van der Waals surface area contributed by atoms with Crippen LogP contribution in [0.2, 0.25) is 0 Å². The minimum absolute atomic E-state index is 0.106. The molecule has 5 atom stereocenters. The number of carbonyl (C=O) groups excluding carboxylic acids is 1. The molecule has 40 heavy (non-hydrogen) atoms. The normalized spacial score (nSPS) is 19.8. The quantitative estimate of drug-likeness (QED) is 0.0961. The second-order valence-electron chi connectivity index (χ2n) is 13.2. The molecule has 5 nitrogen and oxygen atoms in total. The summed E-state index contributed by atoms with van der Waals surface area (Å²) in [4.78, 5) is 12.4. The molecule has 7 heteroatoms. The highest BCUT2D eigenvalue weighted by Crippen LogP contribution is 2.43. The van der Waals surface area contributed by atoms with E-state index in [2.05, 4.69) is 34.6 Å². The van der Waals surface area contributed by atoms with Crippen molar-refractivity contribution in [1.82, 2.24) is 0 Å². The van der Waals surface area contributed by atoms with Gasteiger partial charge in [-0.2, -0.15) is 0 Å². The Bertz CT molecular complexity index is 977. The predicted molar refractivity (Wildman–Crippen MR) is 169 cm³/mol. The summed E-state index contributed by atoms with van der Waals surface area (Å²) in [5.74, 6) is 3.50. The molecule has 0 saturated carbocycles. The Morgan fingerprint density at radius 2 is 1.50 bits per heavy atom. The number of rotatable bonds is 18. The number of ether oxygens (including phenoxy) is 2. The van der Waals surface area contributed by atoms with Crippen molar-refractivity contribution >= 4 is 21.6 Å². The van der Waals surface area contributed by atoms with Crippen LogP contribution in [0.3, 0.4) is 0 Å². The van der Waals surface area contributed by atoms with E-state index >= 15 is 0 Å². The number of fused-ring (bicyclic) bond motifs is 1. The SMILES string of the molecule is Cc1cc(OC(=O)CCC([P+](C)=O)[P+](C)=O)cc2c1OC(C)(CCCC(C)CCCC(C)CCCC(C)C)CC2. The van der Waals surface area contributed by atoms with Crippen LogP contribution in [0.5, 0.6) is 11.5 Å². The van der Waals surface area contributed by atoms with Crippen molar-refractivity contribution in [2.75, 3.05) is 13.3 Å². The maximum Gasteiger partial charge on any atom is 0.389 e. The molecule has 0 saturated heterocycles. The molecule has 226 valence electrons. The zero-order valence-electron chi connectivity index (χ0n) is 26.6. The summed E-state index contributed by atoms with van der Waals surface area (Å²) in [5.41, 5.74) is 1.90. The van der Waals surface area contributed by atoms with E-state index in [1.807, 2.05) is 19.1 Å². The van der Waals surface area contributed by atoms with Gasteiger partial charge in [0.05, 0.1) is 12.8 Å². The van der Waals surface area contributed by atoms with E-state index in [0.717, 1.165) is 53.9 Å². The first kappa shape index (κ1) is 34.9. The second-order valence-corrected chi connectivity index (χ2v) is 17.1. The fraction of sp³-hybridized carbons (Fsp3) is 0.788. The minimum atomic E-state index is -1.59. The van der Waals surface area contributed by atoms with Crippen LogP contribution in [-0.2, 0) is 20.3 Å². The number of esters is 1. The number of hydrogen-bond donors (Lipinski definition) is 0. The van der Waals surface area contributed by atoms with Crippen molar-refractivity contribution in [3.63, 3.8) is 0 Å². The third kappa shape index (κ3) is 12.3. The predicted octanol–water partition coefficient (Wildman–Crippen LogP) is 10.4. The largest absolute Gasteiger partial charge is 0.487 e. The summed E-state index contributed by atoms with van der Waals surface area (Å²) < 4.78 is 35.8. The van der Waals surface area contributed by atoms with Gasteiger partial charge in [0.2, 0.25) is 0 Å². The van der Waals surface area contributed by atoms with E-state index in [9.17, 15) is 13.9 Å². The molecule has 0 spiro atoms. The van der Waals surface area contributed by atoms with Gasteiger partial charge >= 0.3 is 27.0 Å². The Hall–Kier alpha value is -1.31. The maximum absolute atomic E-state index is 12.4. The molecule has 0 aromatic heterocycles. The van der Waals surface area contributed by atoms with Gasteiger partial charge < -0.3 is 9.47 Å². The van der Waals surface area contributed by atoms with Crippen molar-refractivity contribution in [2.45, 2.75) is 136 Å². The van der Waals surface area contributed by atoms with Crippen molar-refractivity contribution in [2.24, 2.45) is 17.8 Å². The summed E-state index contributed by atoms with van der Waals surface area (Å²) in [5, 5.41) is -0.440. The Kier molecular flexibility index (Phi) is 14.8. The number of carbonyl (C=O) groups is 1. The first-order chi connectivity index (χ1) is 18.8. The van der Waals surface area contributed by atoms with E-state index in [0.29, 0.717) is 12.2 Å². The number of benzene rings is 1. The summed E-state index contributed by atoms with van der Waals surface area (Å²) in [7, 11) is -3.18. The summed E-state index contributed by atoms with van der Waals surface area (Å²) in [6, 6.07) is 3.79. The topological polar surface area (TPSA) is 69.7 Å². The van der Waals surface area contributed by atoms with Crippen LogP contribution in [0.25, 0.3) is 0 Å². The Labute approximate surface area is 246 Å². The molecule has 0 bridgehead atoms. The fourth-order valence-corrected chi connectivity index (χ4v) is 8.72. The summed E-state index contributed by atoms with van der Waals surface area (Å²) in [6.07, 6.45) is 13.9. The zero-order valence-corrected chi connectivity index (χ0v) is 28.4. The van der Waals surface area contributed by atoms with Crippen molar-refractivity contribution in [3.05, 3.63) is 23.3 Å². The first-order valence-electron chi connectivity index (χ1n) is 15.6. The molecule has 1 aliphatic heterocycles. The van der Waals surface area contributed by atoms with E-state index in [1.54, 1.807) is 13.3 Å². The lowest BCUT2D eigenvalue weighted by Crippen LogP contribution is -2.36. The second kappa shape index (κ2) is 17.0. The highest BCUT2D eigenvalue weighted by Gasteiger charge is 2.40. The molecule has 0 fully saturated rings. The number of aryl methyl sites for hydroxylation is 2. The van der Waals surface area contributed by atoms with E-state index in [-0.39, 0.29) is 18.0 Å². The maximum atomic E-state index is 12.4. The van der Waals surface area contributed by atoms with Gasteiger partial charge in [0.25, 0.3) is 0 Å². The molecule has 1 aliphatic rings. The third-order valence-electron chi connectivity index (χ3n) is 8.55. The molecule has 0 amide bonds. The first-order valence-corrected chi connectivity index (χ1v) is 19.2. The summed E-state index contributed by atoms with van der Waals surface area (Å²) >= 11 is 0. The van der Waals surface area contributed by atoms with Gasteiger partial charge in [0.15, 0.2) is 0 Å². The Balaban J connectivity index is 1.78. The molecule has 1 aromatic carbocycles. The molecule has 5 unspecified atom stereocenters. The molecule has 2 rings (SSSR count). The monoisotopic (exact) mass is 594 g/mol. The minimum Gasteiger partial charge on any atom is -0.487 e. The zero-order chi connectivity index (χ0) is 29.9. The Morgan fingerprint density at radius 1 is 0.925 bits per heavy atom. The fourth-order valence-electron chi connectivity index (χ4n) is 5.90. The van der Waals surface area contributed by atoms with Gasteiger partial charge in [-0.3, -0.25) is 4.79 Å². The van der Waals surface area contributed by atoms with Gasteiger partial charge in [-0.05, 0) is 80.5 Å². The lowest BCUT2D eigenvalue weighted by molar-refractivity contribution is -0.134. The average molecular weight is 595 g/mol. The third-order valence-corrected chi connectivity index (χ3v) is 12.7. The van der Waals surface area contributed by atoms with Crippen molar-refractivity contribution in [3.8, 4) is 11.5 Å². The van der Waals surface area contributed by atoms with Crippen LogP contribution < -0.4 is 9.47 Å². The molecular formula is C33H56O5P2+2. The standard InChI is InChI=1S/C33H56O5P2/c1-24(2)12-9-13-25(3)14-10-15-26(4)16-11-20-33(6)21-19-28-23-29(22-27(5)32(28)38-33)37-30(34)17-18-31(39(7)35)40(8)36/h22-26,31H,9-21H2,1-8H3/q+2. The van der Waals surface area contributed by atoms with Crippen molar-refractivity contribution < 1.29 is 23.4 Å². The van der Waals surface area contributed by atoms with Gasteiger partial charge in [-0.15, -0.1) is 0 Å². The highest BCUT2D eigenvalue weighted by molar-refractivity contribution is 7.63. The lowest BCUT2D eigenvalue weighted by Gasteiger charge is -2.37. The smallest absolute Gasteiger partial charge is 0.389 e. The molecular weight excluding hydrogens is 538 g/mol. The summed E-state index contributed by atoms with van der Waals surface area (Å²) in [6.45, 7) is 16.8. The van der Waals surface area contributed by atoms with Crippen molar-refractivity contribution in [1.29, 1.82) is 0 Å². The van der Waals surface area contributed by atoms with Crippen LogP contribution >= 0.6 is 15.6 Å². The van der Waals surface area contributed by atoms with Gasteiger partial charge in [-0.25, -0.2) is 0 Å². The van der Waals surface area contributed by atoms with Gasteiger partial charge in [-0.1, -0.05) is 81.8 Å². The molecule has 1 aromatic rings. The van der Waals surface area contributed by atoms with E-state index < -0.39 is 21.0 Å². The lowest BCUT2D eigenvalue weighted by atomic mass is 9.85. The van der Waals surface area contributed by atoms with Crippen LogP contribution in [0.1, 0.15) is 123 Å². The van der Waals surface area contributed by atoms with Gasteiger partial charge in [0.1, 0.15) is 30.4 Å². The number of hydrogen-bond acceptors (Lipinski definition) is 5. The van der Waals surface area contributed by atoms with E-state index in [1.165, 1.54) is 51.4 Å². The van der Waals surface area contributed by atoms with Crippen LogP contribution in [0.4, 0.5) is 0 Å². The molecule has 1 heterocycles. The van der Waals surface area contributed by atoms with E-state index in [4.69, 9.17) is 9.47 Å². The molecule has 0 N–H and O–H groups in total. The molecule has 0 radical (unpaired) electrons. The highest BCUT2D eigenvalue weighted by atomic mass is 31.2. The van der Waals surface area contributed by atoms with Crippen LogP contribution in [-0.4, -0.2) is 30.3 Å². The van der Waals surface area contributed by atoms with Crippen LogP contribution in [0.15, 0.2) is 12.1 Å².